The molecule has 0 saturated heterocycles. The summed E-state index contributed by atoms with van der Waals surface area (Å²) in [4.78, 5) is 31.7. The number of aliphatic hydroxyl groups is 2. The molecule has 4 aromatic carbocycles. The van der Waals surface area contributed by atoms with Crippen molar-refractivity contribution < 1.29 is 37.4 Å². The lowest BCUT2D eigenvalue weighted by atomic mass is 9.87. The van der Waals surface area contributed by atoms with Crippen LogP contribution in [0.1, 0.15) is 88.8 Å². The number of carbonyl (C=O) groups is 2. The molecule has 4 atom stereocenters. The maximum atomic E-state index is 13.6. The number of hydrogen-bond acceptors (Lipinski definition) is 8. The largest absolute Gasteiger partial charge is 0.390 e. The van der Waals surface area contributed by atoms with Crippen LogP contribution in [0.5, 0.6) is 0 Å². The molecule has 2 aromatic heterocycles. The molecule has 16 heteroatoms. The minimum absolute atomic E-state index is 0.0957. The van der Waals surface area contributed by atoms with Gasteiger partial charge in [0.05, 0.1) is 48.3 Å². The lowest BCUT2D eigenvalue weighted by Crippen LogP contribution is -2.48. The number of rotatable bonds is 20. The molecule has 6 aromatic rings. The topological polar surface area (TPSA) is 158 Å². The Hall–Kier alpha value is -6.20. The zero-order valence-electron chi connectivity index (χ0n) is 41.4. The third-order valence-electron chi connectivity index (χ3n) is 11.1. The number of amides is 2. The smallest absolute Gasteiger partial charge is 0.217 e. The molecule has 12 nitrogen and oxygen atoms in total. The second-order valence-electron chi connectivity index (χ2n) is 20.3. The first-order valence-corrected chi connectivity index (χ1v) is 23.4. The van der Waals surface area contributed by atoms with E-state index in [-0.39, 0.29) is 48.6 Å². The number of aliphatic hydroxyl groups excluding tert-OH is 2. The average Bonchev–Trinajstić information content (AvgIpc) is 3.98. The predicted octanol–water partition coefficient (Wildman–Crippen LogP) is 7.87. The zero-order valence-corrected chi connectivity index (χ0v) is 41.4. The minimum atomic E-state index is -0.973. The Morgan fingerprint density at radius 2 is 0.914 bits per heavy atom. The van der Waals surface area contributed by atoms with E-state index in [2.05, 4.69) is 109 Å². The maximum absolute atomic E-state index is 13.6. The first-order valence-electron chi connectivity index (χ1n) is 23.4. The molecule has 0 aliphatic carbocycles. The quantitative estimate of drug-likeness (QED) is 0.0422. The van der Waals surface area contributed by atoms with E-state index in [0.717, 1.165) is 47.5 Å². The van der Waals surface area contributed by atoms with Crippen LogP contribution >= 0.6 is 0 Å². The minimum Gasteiger partial charge on any atom is -0.390 e. The fraction of sp³-hybridized carbons (Fsp3) is 0.407. The molecule has 2 amide bonds. The number of imidazole rings is 2. The van der Waals surface area contributed by atoms with Crippen molar-refractivity contribution in [1.29, 1.82) is 0 Å². The van der Waals surface area contributed by atoms with E-state index >= 15 is 0 Å². The molecule has 0 saturated carbocycles. The van der Waals surface area contributed by atoms with Crippen molar-refractivity contribution in [3.8, 4) is 11.4 Å². The van der Waals surface area contributed by atoms with E-state index in [4.69, 9.17) is 0 Å². The van der Waals surface area contributed by atoms with Gasteiger partial charge >= 0.3 is 0 Å². The van der Waals surface area contributed by atoms with E-state index in [1.54, 1.807) is 25.0 Å². The van der Waals surface area contributed by atoms with Crippen molar-refractivity contribution in [2.45, 2.75) is 118 Å². The Morgan fingerprint density at radius 3 is 1.21 bits per heavy atom. The summed E-state index contributed by atoms with van der Waals surface area (Å²) in [6.45, 7) is 17.1. The maximum Gasteiger partial charge on any atom is 0.217 e. The van der Waals surface area contributed by atoms with E-state index in [9.17, 15) is 37.4 Å². The van der Waals surface area contributed by atoms with Gasteiger partial charge in [-0.15, -0.1) is 0 Å². The van der Waals surface area contributed by atoms with E-state index in [1.807, 2.05) is 21.5 Å². The summed E-state index contributed by atoms with van der Waals surface area (Å²) in [6, 6.07) is 17.7. The third-order valence-corrected chi connectivity index (χ3v) is 11.1. The van der Waals surface area contributed by atoms with Gasteiger partial charge in [0.2, 0.25) is 11.8 Å². The van der Waals surface area contributed by atoms with Crippen LogP contribution in [0.2, 0.25) is 0 Å². The highest BCUT2D eigenvalue weighted by Crippen LogP contribution is 2.26. The van der Waals surface area contributed by atoms with Crippen LogP contribution in [-0.4, -0.2) is 78.5 Å². The molecule has 2 heterocycles. The fourth-order valence-corrected chi connectivity index (χ4v) is 8.36. The number of nitrogens with zero attached hydrogens (tertiary/aromatic N) is 4. The van der Waals surface area contributed by atoms with Crippen LogP contribution < -0.4 is 21.3 Å². The molecule has 0 fully saturated rings. The SMILES string of the molecule is CC(=O)NC(Cc1cc(F)cc(F)c1)C(O)CNCc1cc(CC(C)(C)C)ccc1-n1ccnc1.CC(=O)NC(Cc1cc(F)cc(F)c1)C(O)CNCc1cc(CC(C)(C)C)ccc1-n1ccnc1. The second kappa shape index (κ2) is 25.1. The molecule has 6 N–H and O–H groups in total. The van der Waals surface area contributed by atoms with Gasteiger partial charge in [-0.3, -0.25) is 9.59 Å². The van der Waals surface area contributed by atoms with Crippen molar-refractivity contribution in [3.63, 3.8) is 0 Å². The molecule has 0 aliphatic heterocycles. The number of benzene rings is 4. The van der Waals surface area contributed by atoms with Crippen LogP contribution in [0.25, 0.3) is 11.4 Å². The van der Waals surface area contributed by atoms with Gasteiger partial charge < -0.3 is 40.6 Å². The van der Waals surface area contributed by atoms with Crippen LogP contribution in [0.15, 0.2) is 110 Å². The highest BCUT2D eigenvalue weighted by atomic mass is 19.1. The molecule has 0 spiro atoms. The highest BCUT2D eigenvalue weighted by Gasteiger charge is 2.24. The summed E-state index contributed by atoms with van der Waals surface area (Å²) < 4.78 is 58.3. The summed E-state index contributed by atoms with van der Waals surface area (Å²) in [5, 5.41) is 33.6. The molecule has 70 heavy (non-hydrogen) atoms. The highest BCUT2D eigenvalue weighted by molar-refractivity contribution is 5.73. The molecule has 0 radical (unpaired) electrons. The first-order chi connectivity index (χ1) is 33.0. The van der Waals surface area contributed by atoms with Crippen LogP contribution in [0.3, 0.4) is 0 Å². The molecular formula is C54H68F4N8O4. The summed E-state index contributed by atoms with van der Waals surface area (Å²) >= 11 is 0. The summed E-state index contributed by atoms with van der Waals surface area (Å²) in [5.41, 5.74) is 7.46. The summed E-state index contributed by atoms with van der Waals surface area (Å²) in [6.07, 6.45) is 10.8. The fourth-order valence-electron chi connectivity index (χ4n) is 8.36. The molecule has 376 valence electrons. The van der Waals surface area contributed by atoms with Gasteiger partial charge in [0.25, 0.3) is 0 Å². The molecule has 6 rings (SSSR count). The predicted molar refractivity (Wildman–Crippen MR) is 264 cm³/mol. The lowest BCUT2D eigenvalue weighted by molar-refractivity contribution is -0.121. The third kappa shape index (κ3) is 18.3. The number of halogens is 4. The van der Waals surface area contributed by atoms with Gasteiger partial charge in [-0.1, -0.05) is 65.8 Å². The van der Waals surface area contributed by atoms with E-state index in [1.165, 1.54) is 49.2 Å². The zero-order chi connectivity index (χ0) is 51.2. The van der Waals surface area contributed by atoms with Crippen molar-refractivity contribution >= 4 is 11.8 Å². The Labute approximate surface area is 409 Å². The normalized spacial score (nSPS) is 13.5. The first kappa shape index (κ1) is 54.7. The van der Waals surface area contributed by atoms with Crippen molar-refractivity contribution in [1.82, 2.24) is 40.4 Å². The number of aromatic nitrogens is 4. The Balaban J connectivity index is 0.000000261. The van der Waals surface area contributed by atoms with Gasteiger partial charge in [-0.25, -0.2) is 27.5 Å². The monoisotopic (exact) mass is 969 g/mol. The Bertz CT molecular complexity index is 2390. The van der Waals surface area contributed by atoms with Crippen LogP contribution in [0, 0.1) is 34.1 Å². The van der Waals surface area contributed by atoms with E-state index < -0.39 is 47.6 Å². The average molecular weight is 969 g/mol. The summed E-state index contributed by atoms with van der Waals surface area (Å²) in [7, 11) is 0. The molecular weight excluding hydrogens is 901 g/mol. The molecule has 4 unspecified atom stereocenters. The Kier molecular flexibility index (Phi) is 19.6. The second-order valence-corrected chi connectivity index (χ2v) is 20.3. The van der Waals surface area contributed by atoms with E-state index in [0.29, 0.717) is 24.2 Å². The van der Waals surface area contributed by atoms with Crippen molar-refractivity contribution in [2.75, 3.05) is 13.1 Å². The standard InChI is InChI=1S/2C27H34F2N4O2/c2*1-18(34)32-24(12-20-10-22(28)13-23(29)11-20)26(35)16-31-15-21-9-19(14-27(2,3)4)5-6-25(21)33-8-7-30-17-33/h2*5-11,13,17,24,26,31,35H,12,14-16H2,1-4H3,(H,32,34). The number of nitrogens with one attached hydrogen (secondary N) is 4. The summed E-state index contributed by atoms with van der Waals surface area (Å²) in [5.74, 6) is -3.45. The van der Waals surface area contributed by atoms with Gasteiger partial charge in [0.15, 0.2) is 0 Å². The number of hydrogen-bond donors (Lipinski definition) is 6. The van der Waals surface area contributed by atoms with Gasteiger partial charge in [0.1, 0.15) is 23.3 Å². The Morgan fingerprint density at radius 1 is 0.557 bits per heavy atom. The van der Waals surface area contributed by atoms with Crippen molar-refractivity contribution in [2.24, 2.45) is 10.8 Å². The van der Waals surface area contributed by atoms with Gasteiger partial charge in [0, 0.05) is 76.9 Å². The molecule has 0 aliphatic rings. The molecule has 0 bridgehead atoms. The van der Waals surface area contributed by atoms with Crippen LogP contribution in [-0.2, 0) is 48.4 Å². The number of carbonyl (C=O) groups excluding carboxylic acids is 2. The lowest BCUT2D eigenvalue weighted by Gasteiger charge is -2.25. The van der Waals surface area contributed by atoms with Crippen LogP contribution in [0.4, 0.5) is 17.6 Å². The van der Waals surface area contributed by atoms with Gasteiger partial charge in [-0.2, -0.15) is 0 Å². The van der Waals surface area contributed by atoms with Crippen molar-refractivity contribution in [3.05, 3.63) is 167 Å². The van der Waals surface area contributed by atoms with Gasteiger partial charge in [-0.05, 0) is 106 Å².